The van der Waals surface area contributed by atoms with Crippen molar-refractivity contribution in [3.63, 3.8) is 0 Å². The molecule has 4 rings (SSSR count). The second kappa shape index (κ2) is 7.68. The molecule has 4 heteroatoms. The van der Waals surface area contributed by atoms with E-state index in [0.717, 1.165) is 64.9 Å². The topological polar surface area (TPSA) is 43.8 Å². The van der Waals surface area contributed by atoms with Crippen molar-refractivity contribution in [1.29, 1.82) is 0 Å². The minimum atomic E-state index is -0.761. The maximum absolute atomic E-state index is 13.3. The Labute approximate surface area is 179 Å². The summed E-state index contributed by atoms with van der Waals surface area (Å²) in [6, 6.07) is 10.3. The first-order valence-corrected chi connectivity index (χ1v) is 10.8. The number of benzene rings is 2. The SMILES string of the molecule is C=C(C)c1cc(C(=O)N2Cc3ccc(C4(O)CCN(C)CC4)cc3C2)c(C)cc1C. The molecule has 1 amide bonds. The number of carbonyl (C=O) groups is 1. The van der Waals surface area contributed by atoms with Crippen LogP contribution in [0.1, 0.15) is 63.5 Å². The lowest BCUT2D eigenvalue weighted by atomic mass is 9.83. The molecule has 4 nitrogen and oxygen atoms in total. The summed E-state index contributed by atoms with van der Waals surface area (Å²) in [5, 5.41) is 11.2. The molecular weight excluding hydrogens is 372 g/mol. The van der Waals surface area contributed by atoms with Crippen molar-refractivity contribution in [3.8, 4) is 0 Å². The predicted molar refractivity (Wildman–Crippen MR) is 121 cm³/mol. The number of hydrogen-bond acceptors (Lipinski definition) is 3. The van der Waals surface area contributed by atoms with Gasteiger partial charge in [0.15, 0.2) is 0 Å². The number of amides is 1. The van der Waals surface area contributed by atoms with Gasteiger partial charge in [0.05, 0.1) is 5.60 Å². The fraction of sp³-hybridized carbons (Fsp3) is 0.423. The summed E-state index contributed by atoms with van der Waals surface area (Å²) in [5.41, 5.74) is 7.47. The van der Waals surface area contributed by atoms with Crippen LogP contribution >= 0.6 is 0 Å². The minimum Gasteiger partial charge on any atom is -0.385 e. The number of rotatable bonds is 3. The van der Waals surface area contributed by atoms with Crippen LogP contribution in [-0.2, 0) is 18.7 Å². The number of nitrogens with zero attached hydrogens (tertiary/aromatic N) is 2. The molecule has 0 aliphatic carbocycles. The van der Waals surface area contributed by atoms with Gasteiger partial charge < -0.3 is 14.9 Å². The van der Waals surface area contributed by atoms with Crippen LogP contribution in [0.15, 0.2) is 36.9 Å². The second-order valence-corrected chi connectivity index (χ2v) is 9.24. The highest BCUT2D eigenvalue weighted by atomic mass is 16.3. The Morgan fingerprint density at radius 1 is 1.00 bits per heavy atom. The third kappa shape index (κ3) is 3.70. The van der Waals surface area contributed by atoms with E-state index in [2.05, 4.69) is 49.7 Å². The molecule has 0 atom stereocenters. The van der Waals surface area contributed by atoms with Gasteiger partial charge in [-0.15, -0.1) is 0 Å². The van der Waals surface area contributed by atoms with Crippen LogP contribution in [-0.4, -0.2) is 41.0 Å². The van der Waals surface area contributed by atoms with Gasteiger partial charge in [-0.3, -0.25) is 4.79 Å². The maximum atomic E-state index is 13.3. The predicted octanol–water partition coefficient (Wildman–Crippen LogP) is 4.41. The number of allylic oxidation sites excluding steroid dienone is 1. The van der Waals surface area contributed by atoms with E-state index < -0.39 is 5.60 Å². The van der Waals surface area contributed by atoms with Crippen LogP contribution in [0.25, 0.3) is 5.57 Å². The Kier molecular flexibility index (Phi) is 5.33. The molecule has 1 N–H and O–H groups in total. The summed E-state index contributed by atoms with van der Waals surface area (Å²) in [6.07, 6.45) is 1.49. The molecule has 158 valence electrons. The summed E-state index contributed by atoms with van der Waals surface area (Å²) >= 11 is 0. The summed E-state index contributed by atoms with van der Waals surface area (Å²) in [5.74, 6) is 0.0609. The van der Waals surface area contributed by atoms with Crippen molar-refractivity contribution in [2.75, 3.05) is 20.1 Å². The second-order valence-electron chi connectivity index (χ2n) is 9.24. The summed E-state index contributed by atoms with van der Waals surface area (Å²) in [7, 11) is 2.10. The largest absolute Gasteiger partial charge is 0.385 e. The van der Waals surface area contributed by atoms with Crippen molar-refractivity contribution >= 4 is 11.5 Å². The van der Waals surface area contributed by atoms with Crippen molar-refractivity contribution in [1.82, 2.24) is 9.80 Å². The van der Waals surface area contributed by atoms with Crippen LogP contribution in [0.5, 0.6) is 0 Å². The normalized spacial score (nSPS) is 18.4. The molecule has 0 radical (unpaired) electrons. The van der Waals surface area contributed by atoms with Crippen LogP contribution < -0.4 is 0 Å². The molecule has 0 unspecified atom stereocenters. The molecule has 2 aromatic rings. The molecule has 1 fully saturated rings. The van der Waals surface area contributed by atoms with E-state index in [1.54, 1.807) is 0 Å². The van der Waals surface area contributed by atoms with Gasteiger partial charge in [0.1, 0.15) is 0 Å². The van der Waals surface area contributed by atoms with Crippen LogP contribution in [0, 0.1) is 13.8 Å². The molecule has 2 aliphatic rings. The van der Waals surface area contributed by atoms with E-state index in [0.29, 0.717) is 13.1 Å². The molecule has 2 heterocycles. The number of hydrogen-bond donors (Lipinski definition) is 1. The number of piperidine rings is 1. The van der Waals surface area contributed by atoms with Gasteiger partial charge in [-0.1, -0.05) is 36.4 Å². The Bertz CT molecular complexity index is 1020. The number of aliphatic hydroxyl groups is 1. The number of aryl methyl sites for hydroxylation is 2. The van der Waals surface area contributed by atoms with E-state index >= 15 is 0 Å². The van der Waals surface area contributed by atoms with Gasteiger partial charge in [-0.2, -0.15) is 0 Å². The molecule has 0 bridgehead atoms. The van der Waals surface area contributed by atoms with Crippen molar-refractivity contribution in [2.24, 2.45) is 0 Å². The van der Waals surface area contributed by atoms with Gasteiger partial charge >= 0.3 is 0 Å². The van der Waals surface area contributed by atoms with Gasteiger partial charge in [-0.05, 0) is 80.1 Å². The lowest BCUT2D eigenvalue weighted by molar-refractivity contribution is -0.0203. The van der Waals surface area contributed by atoms with Gasteiger partial charge in [-0.25, -0.2) is 0 Å². The average molecular weight is 405 g/mol. The first kappa shape index (κ1) is 20.8. The quantitative estimate of drug-likeness (QED) is 0.824. The number of fused-ring (bicyclic) bond motifs is 1. The Morgan fingerprint density at radius 2 is 1.63 bits per heavy atom. The smallest absolute Gasteiger partial charge is 0.254 e. The summed E-state index contributed by atoms with van der Waals surface area (Å²) in [4.78, 5) is 17.5. The highest BCUT2D eigenvalue weighted by Gasteiger charge is 2.34. The maximum Gasteiger partial charge on any atom is 0.254 e. The zero-order chi connectivity index (χ0) is 21.6. The number of carbonyl (C=O) groups excluding carboxylic acids is 1. The monoisotopic (exact) mass is 404 g/mol. The fourth-order valence-corrected chi connectivity index (χ4v) is 4.82. The molecule has 0 saturated carbocycles. The molecule has 30 heavy (non-hydrogen) atoms. The van der Waals surface area contributed by atoms with Gasteiger partial charge in [0.2, 0.25) is 0 Å². The van der Waals surface area contributed by atoms with Crippen LogP contribution in [0.4, 0.5) is 0 Å². The first-order valence-electron chi connectivity index (χ1n) is 10.8. The molecule has 0 spiro atoms. The first-order chi connectivity index (χ1) is 14.2. The zero-order valence-electron chi connectivity index (χ0n) is 18.6. The fourth-order valence-electron chi connectivity index (χ4n) is 4.82. The minimum absolute atomic E-state index is 0.0609. The van der Waals surface area contributed by atoms with E-state index in [-0.39, 0.29) is 5.91 Å². The highest BCUT2D eigenvalue weighted by Crippen LogP contribution is 2.36. The van der Waals surface area contributed by atoms with Crippen molar-refractivity contribution < 1.29 is 9.90 Å². The summed E-state index contributed by atoms with van der Waals surface area (Å²) in [6.45, 7) is 13.1. The Balaban J connectivity index is 1.57. The lowest BCUT2D eigenvalue weighted by Crippen LogP contribution is -2.40. The van der Waals surface area contributed by atoms with E-state index in [9.17, 15) is 9.90 Å². The van der Waals surface area contributed by atoms with Crippen molar-refractivity contribution in [2.45, 2.75) is 52.3 Å². The number of likely N-dealkylation sites (tertiary alicyclic amines) is 1. The molecule has 2 aliphatic heterocycles. The van der Waals surface area contributed by atoms with E-state index in [1.165, 1.54) is 5.56 Å². The van der Waals surface area contributed by atoms with E-state index in [4.69, 9.17) is 0 Å². The molecule has 1 saturated heterocycles. The Morgan fingerprint density at radius 3 is 2.30 bits per heavy atom. The lowest BCUT2D eigenvalue weighted by Gasteiger charge is -2.37. The third-order valence-corrected chi connectivity index (χ3v) is 6.83. The third-order valence-electron chi connectivity index (χ3n) is 6.83. The molecular formula is C26H32N2O2. The highest BCUT2D eigenvalue weighted by molar-refractivity contribution is 5.97. The van der Waals surface area contributed by atoms with Crippen LogP contribution in [0.2, 0.25) is 0 Å². The standard InChI is InChI=1S/C26H32N2O2/c1-17(2)23-14-24(19(4)12-18(23)3)25(29)28-15-20-6-7-22(13-21(20)16-28)26(30)8-10-27(5)11-9-26/h6-7,12-14,30H,1,8-11,15-16H2,2-5H3. The summed E-state index contributed by atoms with van der Waals surface area (Å²) < 4.78 is 0. The van der Waals surface area contributed by atoms with Gasteiger partial charge in [0, 0.05) is 31.7 Å². The van der Waals surface area contributed by atoms with Gasteiger partial charge in [0.25, 0.3) is 5.91 Å². The van der Waals surface area contributed by atoms with Crippen molar-refractivity contribution in [3.05, 3.63) is 75.9 Å². The Hall–Kier alpha value is -2.43. The molecule has 0 aromatic heterocycles. The van der Waals surface area contributed by atoms with E-state index in [1.807, 2.05) is 24.8 Å². The zero-order valence-corrected chi connectivity index (χ0v) is 18.6. The molecule has 2 aromatic carbocycles. The van der Waals surface area contributed by atoms with Crippen LogP contribution in [0.3, 0.4) is 0 Å². The average Bonchev–Trinajstić information content (AvgIpc) is 3.13.